The van der Waals surface area contributed by atoms with Gasteiger partial charge in [-0.3, -0.25) is 4.79 Å². The summed E-state index contributed by atoms with van der Waals surface area (Å²) >= 11 is 0. The number of rotatable bonds is 4. The molecule has 0 saturated carbocycles. The van der Waals surface area contributed by atoms with Crippen molar-refractivity contribution in [3.05, 3.63) is 42.5 Å². The Bertz CT molecular complexity index is 486. The van der Waals surface area contributed by atoms with Crippen molar-refractivity contribution < 1.29 is 19.1 Å². The molecule has 0 aliphatic carbocycles. The van der Waals surface area contributed by atoms with Crippen molar-refractivity contribution in [2.24, 2.45) is 0 Å². The van der Waals surface area contributed by atoms with Crippen LogP contribution >= 0.6 is 0 Å². The lowest BCUT2D eigenvalue weighted by Crippen LogP contribution is -2.26. The van der Waals surface area contributed by atoms with Crippen LogP contribution in [0, 0.1) is 0 Å². The van der Waals surface area contributed by atoms with Crippen LogP contribution < -0.4 is 10.1 Å². The van der Waals surface area contributed by atoms with Crippen LogP contribution in [0.2, 0.25) is 0 Å². The Balaban J connectivity index is 2.52. The summed E-state index contributed by atoms with van der Waals surface area (Å²) < 4.78 is 10.1. The van der Waals surface area contributed by atoms with Gasteiger partial charge in [0.25, 0.3) is 0 Å². The highest BCUT2D eigenvalue weighted by molar-refractivity contribution is 5.86. The SMILES string of the molecule is C=CC(=O)NCc1ccc(OC(=O)OC(C)(C)C)cc1. The number of carbonyl (C=O) groups is 2. The highest BCUT2D eigenvalue weighted by Gasteiger charge is 2.17. The van der Waals surface area contributed by atoms with Crippen molar-refractivity contribution in [1.29, 1.82) is 0 Å². The van der Waals surface area contributed by atoms with Crippen molar-refractivity contribution in [3.63, 3.8) is 0 Å². The van der Waals surface area contributed by atoms with Crippen LogP contribution in [0.25, 0.3) is 0 Å². The summed E-state index contributed by atoms with van der Waals surface area (Å²) in [4.78, 5) is 22.5. The van der Waals surface area contributed by atoms with E-state index in [2.05, 4.69) is 11.9 Å². The van der Waals surface area contributed by atoms with Gasteiger partial charge in [-0.2, -0.15) is 0 Å². The molecule has 0 spiro atoms. The smallest absolute Gasteiger partial charge is 0.428 e. The van der Waals surface area contributed by atoms with Gasteiger partial charge in [0.15, 0.2) is 0 Å². The maximum absolute atomic E-state index is 11.5. The average molecular weight is 277 g/mol. The van der Waals surface area contributed by atoms with E-state index in [1.165, 1.54) is 6.08 Å². The van der Waals surface area contributed by atoms with Crippen LogP contribution in [-0.4, -0.2) is 17.7 Å². The van der Waals surface area contributed by atoms with E-state index in [4.69, 9.17) is 9.47 Å². The fourth-order valence-corrected chi connectivity index (χ4v) is 1.30. The molecule has 0 bridgehead atoms. The Morgan fingerprint density at radius 2 is 1.85 bits per heavy atom. The molecule has 1 rings (SSSR count). The summed E-state index contributed by atoms with van der Waals surface area (Å²) in [5.41, 5.74) is 0.295. The minimum atomic E-state index is -0.745. The molecule has 0 unspecified atom stereocenters. The summed E-state index contributed by atoms with van der Waals surface area (Å²) in [5.74, 6) is 0.150. The van der Waals surface area contributed by atoms with Crippen LogP contribution in [0.5, 0.6) is 5.75 Å². The normalized spacial score (nSPS) is 10.6. The highest BCUT2D eigenvalue weighted by Crippen LogP contribution is 2.15. The van der Waals surface area contributed by atoms with Gasteiger partial charge in [-0.05, 0) is 44.5 Å². The second-order valence-corrected chi connectivity index (χ2v) is 5.13. The van der Waals surface area contributed by atoms with Gasteiger partial charge in [0.05, 0.1) is 0 Å². The first kappa shape index (κ1) is 15.8. The van der Waals surface area contributed by atoms with Gasteiger partial charge < -0.3 is 14.8 Å². The molecular weight excluding hydrogens is 258 g/mol. The first-order chi connectivity index (χ1) is 9.30. The van der Waals surface area contributed by atoms with Gasteiger partial charge in [-0.25, -0.2) is 4.79 Å². The Kier molecular flexibility index (Phi) is 5.32. The second kappa shape index (κ2) is 6.75. The van der Waals surface area contributed by atoms with E-state index < -0.39 is 11.8 Å². The fraction of sp³-hybridized carbons (Fsp3) is 0.333. The van der Waals surface area contributed by atoms with Crippen LogP contribution in [0.4, 0.5) is 4.79 Å². The fourth-order valence-electron chi connectivity index (χ4n) is 1.30. The first-order valence-electron chi connectivity index (χ1n) is 6.20. The Morgan fingerprint density at radius 3 is 2.35 bits per heavy atom. The van der Waals surface area contributed by atoms with E-state index >= 15 is 0 Å². The summed E-state index contributed by atoms with van der Waals surface area (Å²) in [5, 5.41) is 2.65. The Morgan fingerprint density at radius 1 is 1.25 bits per heavy atom. The standard InChI is InChI=1S/C15H19NO4/c1-5-13(17)16-10-11-6-8-12(9-7-11)19-14(18)20-15(2,3)4/h5-9H,1,10H2,2-4H3,(H,16,17). The molecule has 0 fully saturated rings. The lowest BCUT2D eigenvalue weighted by Gasteiger charge is -2.18. The number of benzene rings is 1. The molecule has 5 nitrogen and oxygen atoms in total. The van der Waals surface area contributed by atoms with E-state index in [1.54, 1.807) is 45.0 Å². The predicted octanol–water partition coefficient (Wildman–Crippen LogP) is 2.80. The molecule has 108 valence electrons. The molecular formula is C15H19NO4. The number of carbonyl (C=O) groups excluding carboxylic acids is 2. The molecule has 0 saturated heterocycles. The molecule has 1 N–H and O–H groups in total. The molecule has 1 aromatic carbocycles. The van der Waals surface area contributed by atoms with Gasteiger partial charge in [-0.1, -0.05) is 18.7 Å². The van der Waals surface area contributed by atoms with Crippen molar-refractivity contribution >= 4 is 12.1 Å². The molecule has 20 heavy (non-hydrogen) atoms. The van der Waals surface area contributed by atoms with Gasteiger partial charge in [0, 0.05) is 6.54 Å². The zero-order chi connectivity index (χ0) is 15.2. The molecule has 5 heteroatoms. The van der Waals surface area contributed by atoms with Gasteiger partial charge in [0.1, 0.15) is 11.4 Å². The summed E-state index contributed by atoms with van der Waals surface area (Å²) in [6, 6.07) is 6.78. The van der Waals surface area contributed by atoms with Crippen LogP contribution in [-0.2, 0) is 16.1 Å². The largest absolute Gasteiger partial charge is 0.514 e. The van der Waals surface area contributed by atoms with Gasteiger partial charge in [0.2, 0.25) is 5.91 Å². The molecule has 1 aromatic rings. The van der Waals surface area contributed by atoms with E-state index in [0.29, 0.717) is 12.3 Å². The predicted molar refractivity (Wildman–Crippen MR) is 75.3 cm³/mol. The molecule has 0 heterocycles. The molecule has 1 amide bonds. The van der Waals surface area contributed by atoms with E-state index in [9.17, 15) is 9.59 Å². The lowest BCUT2D eigenvalue weighted by molar-refractivity contribution is -0.116. The monoisotopic (exact) mass is 277 g/mol. The van der Waals surface area contributed by atoms with Gasteiger partial charge >= 0.3 is 6.16 Å². The zero-order valence-corrected chi connectivity index (χ0v) is 11.9. The topological polar surface area (TPSA) is 64.6 Å². The molecule has 0 atom stereocenters. The van der Waals surface area contributed by atoms with Crippen molar-refractivity contribution in [1.82, 2.24) is 5.32 Å². The maximum Gasteiger partial charge on any atom is 0.514 e. The number of hydrogen-bond acceptors (Lipinski definition) is 4. The maximum atomic E-state index is 11.5. The average Bonchev–Trinajstić information content (AvgIpc) is 2.35. The van der Waals surface area contributed by atoms with Crippen LogP contribution in [0.1, 0.15) is 26.3 Å². The number of hydrogen-bond donors (Lipinski definition) is 1. The molecule has 0 aliphatic rings. The van der Waals surface area contributed by atoms with Gasteiger partial charge in [-0.15, -0.1) is 0 Å². The summed E-state index contributed by atoms with van der Waals surface area (Å²) in [6.45, 7) is 9.04. The van der Waals surface area contributed by atoms with Crippen LogP contribution in [0.15, 0.2) is 36.9 Å². The quantitative estimate of drug-likeness (QED) is 0.522. The second-order valence-electron chi connectivity index (χ2n) is 5.13. The minimum absolute atomic E-state index is 0.237. The van der Waals surface area contributed by atoms with Crippen molar-refractivity contribution in [2.45, 2.75) is 32.9 Å². The Hall–Kier alpha value is -2.30. The summed E-state index contributed by atoms with van der Waals surface area (Å²) in [6.07, 6.45) is 0.463. The minimum Gasteiger partial charge on any atom is -0.428 e. The van der Waals surface area contributed by atoms with Crippen molar-refractivity contribution in [2.75, 3.05) is 0 Å². The Labute approximate surface area is 118 Å². The van der Waals surface area contributed by atoms with Crippen LogP contribution in [0.3, 0.4) is 0 Å². The third-order valence-corrected chi connectivity index (χ3v) is 2.17. The highest BCUT2D eigenvalue weighted by atomic mass is 16.7. The third kappa shape index (κ3) is 6.04. The number of amides is 1. The zero-order valence-electron chi connectivity index (χ0n) is 11.9. The van der Waals surface area contributed by atoms with E-state index in [-0.39, 0.29) is 5.91 Å². The first-order valence-corrected chi connectivity index (χ1v) is 6.20. The molecule has 0 aliphatic heterocycles. The van der Waals surface area contributed by atoms with E-state index in [1.807, 2.05) is 0 Å². The number of nitrogens with one attached hydrogen (secondary N) is 1. The number of ether oxygens (including phenoxy) is 2. The molecule has 0 radical (unpaired) electrons. The van der Waals surface area contributed by atoms with Crippen molar-refractivity contribution in [3.8, 4) is 5.75 Å². The molecule has 0 aromatic heterocycles. The third-order valence-electron chi connectivity index (χ3n) is 2.17. The lowest BCUT2D eigenvalue weighted by atomic mass is 10.2. The van der Waals surface area contributed by atoms with E-state index in [0.717, 1.165) is 5.56 Å². The summed E-state index contributed by atoms with van der Waals surface area (Å²) in [7, 11) is 0.